The minimum absolute atomic E-state index is 0. The number of halogens is 3. The summed E-state index contributed by atoms with van der Waals surface area (Å²) in [7, 11) is 0. The molecule has 0 aliphatic rings. The first-order valence-electron chi connectivity index (χ1n) is 0.143. The van der Waals surface area contributed by atoms with Crippen LogP contribution in [0.25, 0.3) is 0 Å². The van der Waals surface area contributed by atoms with Gasteiger partial charge in [0.2, 0.25) is 0 Å². The van der Waals surface area contributed by atoms with Crippen LogP contribution in [0, 0.1) is 0 Å². The largest absolute Gasteiger partial charge is 1.00 e. The van der Waals surface area contributed by atoms with Crippen LogP contribution in [0.5, 0.6) is 0 Å². The molecule has 0 spiro atoms. The van der Waals surface area contributed by atoms with E-state index >= 15 is 0 Å². The van der Waals surface area contributed by atoms with Crippen molar-refractivity contribution >= 4 is 37.2 Å². The van der Waals surface area contributed by atoms with Gasteiger partial charge in [0.05, 0.1) is 0 Å². The molecule has 0 amide bonds. The van der Waals surface area contributed by atoms with E-state index in [0.717, 1.165) is 0 Å². The molecule has 0 saturated carbocycles. The minimum atomic E-state index is 0. The molecule has 0 atom stereocenters. The third-order valence-electron chi connectivity index (χ3n) is 0. The first-order valence-corrected chi connectivity index (χ1v) is 6.43. The molecule has 0 aromatic heterocycles. The topological polar surface area (TPSA) is 0 Å². The monoisotopic (exact) mass is 404 g/mol. The quantitative estimate of drug-likeness (QED) is 0.284. The second-order valence-electron chi connectivity index (χ2n) is 0. The minimum Gasteiger partial charge on any atom is -1.00 e. The van der Waals surface area contributed by atoms with Crippen LogP contribution in [0.4, 0.5) is 0 Å². The molecule has 4 heteroatoms. The molecule has 0 radical (unpaired) electrons. The van der Waals surface area contributed by atoms with Gasteiger partial charge in [0, 0.05) is 37.2 Å². The van der Waals surface area contributed by atoms with Gasteiger partial charge in [0.25, 0.3) is 0 Å². The third-order valence-corrected chi connectivity index (χ3v) is 0. The Morgan fingerprint density at radius 2 is 1.00 bits per heavy atom. The molecule has 0 N–H and O–H groups in total. The average Bonchev–Trinajstić information content (AvgIpc) is 1.00. The molecule has 0 aliphatic heterocycles. The summed E-state index contributed by atoms with van der Waals surface area (Å²) in [6.45, 7) is 0. The number of hydrogen-bond acceptors (Lipinski definition) is 0. The third kappa shape index (κ3) is 8.95. The SMILES string of the molecule is II.[I-].[Na+]. The summed E-state index contributed by atoms with van der Waals surface area (Å²) in [6, 6.07) is 0. The van der Waals surface area contributed by atoms with E-state index in [-0.39, 0.29) is 53.5 Å². The second kappa shape index (κ2) is 16.4. The zero-order chi connectivity index (χ0) is 2.00. The first-order chi connectivity index (χ1) is 1.00. The molecule has 0 nitrogen and oxygen atoms in total. The molecule has 0 fully saturated rings. The Hall–Kier alpha value is 3.19. The van der Waals surface area contributed by atoms with Crippen LogP contribution < -0.4 is 53.5 Å². The van der Waals surface area contributed by atoms with E-state index in [4.69, 9.17) is 0 Å². The van der Waals surface area contributed by atoms with Crippen molar-refractivity contribution in [1.29, 1.82) is 0 Å². The second-order valence-corrected chi connectivity index (χ2v) is 0. The number of hydrogen-bond donors (Lipinski definition) is 0. The zero-order valence-electron chi connectivity index (χ0n) is 2.13. The first kappa shape index (κ1) is 15.7. The van der Waals surface area contributed by atoms with Crippen LogP contribution >= 0.6 is 37.2 Å². The van der Waals surface area contributed by atoms with E-state index in [2.05, 4.69) is 37.2 Å². The molecule has 4 heavy (non-hydrogen) atoms. The van der Waals surface area contributed by atoms with E-state index in [0.29, 0.717) is 0 Å². The van der Waals surface area contributed by atoms with Gasteiger partial charge in [0.15, 0.2) is 0 Å². The molecule has 0 rings (SSSR count). The van der Waals surface area contributed by atoms with Crippen molar-refractivity contribution in [3.05, 3.63) is 0 Å². The van der Waals surface area contributed by atoms with Gasteiger partial charge in [-0.25, -0.2) is 0 Å². The van der Waals surface area contributed by atoms with Crippen LogP contribution in [0.3, 0.4) is 0 Å². The van der Waals surface area contributed by atoms with E-state index in [1.165, 1.54) is 0 Å². The maximum absolute atomic E-state index is 2.12. The Morgan fingerprint density at radius 3 is 1.00 bits per heavy atom. The summed E-state index contributed by atoms with van der Waals surface area (Å²) in [6.07, 6.45) is 0. The molecule has 0 heterocycles. The van der Waals surface area contributed by atoms with E-state index in [1.807, 2.05) is 0 Å². The Kier molecular flexibility index (Phi) is 64.3. The van der Waals surface area contributed by atoms with Gasteiger partial charge >= 0.3 is 29.6 Å². The maximum atomic E-state index is 2.12. The Balaban J connectivity index is -0.00000000500. The smallest absolute Gasteiger partial charge is 1.00 e. The van der Waals surface area contributed by atoms with Gasteiger partial charge in [0.1, 0.15) is 0 Å². The van der Waals surface area contributed by atoms with Crippen LogP contribution in [-0.2, 0) is 0 Å². The molecule has 0 aromatic rings. The van der Waals surface area contributed by atoms with Gasteiger partial charge in [-0.2, -0.15) is 0 Å². The van der Waals surface area contributed by atoms with Crippen molar-refractivity contribution in [2.75, 3.05) is 0 Å². The summed E-state index contributed by atoms with van der Waals surface area (Å²) >= 11 is 4.24. The Labute approximate surface area is 88.5 Å². The summed E-state index contributed by atoms with van der Waals surface area (Å²) in [5.41, 5.74) is 0. The molecule has 0 bridgehead atoms. The van der Waals surface area contributed by atoms with Gasteiger partial charge in [-0.1, -0.05) is 0 Å². The van der Waals surface area contributed by atoms with Crippen molar-refractivity contribution < 1.29 is 53.5 Å². The molecule has 0 aliphatic carbocycles. The van der Waals surface area contributed by atoms with Crippen LogP contribution in [0.15, 0.2) is 0 Å². The molecular formula is I3Na. The van der Waals surface area contributed by atoms with Crippen molar-refractivity contribution in [2.45, 2.75) is 0 Å². The summed E-state index contributed by atoms with van der Waals surface area (Å²) < 4.78 is 0. The Morgan fingerprint density at radius 1 is 1.00 bits per heavy atom. The fourth-order valence-electron chi connectivity index (χ4n) is 0. The van der Waals surface area contributed by atoms with Crippen molar-refractivity contribution in [1.82, 2.24) is 0 Å². The Bertz CT molecular complexity index is 3.25. The predicted octanol–water partition coefficient (Wildman–Crippen LogP) is -4.22. The van der Waals surface area contributed by atoms with Gasteiger partial charge in [-0.05, 0) is 0 Å². The van der Waals surface area contributed by atoms with Crippen LogP contribution in [0.1, 0.15) is 0 Å². The normalized spacial score (nSPS) is 1.50. The maximum Gasteiger partial charge on any atom is 1.00 e. The molecule has 0 unspecified atom stereocenters. The van der Waals surface area contributed by atoms with Crippen molar-refractivity contribution in [3.8, 4) is 0 Å². The zero-order valence-corrected chi connectivity index (χ0v) is 10.6. The summed E-state index contributed by atoms with van der Waals surface area (Å²) in [4.78, 5) is 0. The van der Waals surface area contributed by atoms with E-state index < -0.39 is 0 Å². The van der Waals surface area contributed by atoms with E-state index in [1.54, 1.807) is 0 Å². The van der Waals surface area contributed by atoms with Crippen molar-refractivity contribution in [2.24, 2.45) is 0 Å². The van der Waals surface area contributed by atoms with Gasteiger partial charge in [-0.15, -0.1) is 0 Å². The summed E-state index contributed by atoms with van der Waals surface area (Å²) in [5, 5.41) is 0. The number of rotatable bonds is 0. The van der Waals surface area contributed by atoms with E-state index in [9.17, 15) is 0 Å². The van der Waals surface area contributed by atoms with Crippen LogP contribution in [0.2, 0.25) is 0 Å². The fourth-order valence-corrected chi connectivity index (χ4v) is 0. The van der Waals surface area contributed by atoms with Crippen molar-refractivity contribution in [3.63, 3.8) is 0 Å². The fraction of sp³-hybridized carbons (Fsp3) is 0. The van der Waals surface area contributed by atoms with Crippen LogP contribution in [-0.4, -0.2) is 0 Å². The molecule has 0 saturated heterocycles. The average molecular weight is 404 g/mol. The predicted molar refractivity (Wildman–Crippen MR) is 28.0 cm³/mol. The molecule has 22 valence electrons. The van der Waals surface area contributed by atoms with Gasteiger partial charge < -0.3 is 24.0 Å². The summed E-state index contributed by atoms with van der Waals surface area (Å²) in [5.74, 6) is 0. The standard InChI is InChI=1S/I2.HI.Na/c1-2;;/h;1H;/q;;+1/p-1. The van der Waals surface area contributed by atoms with Gasteiger partial charge in [-0.3, -0.25) is 0 Å². The molecule has 0 aromatic carbocycles. The molecular weight excluding hydrogens is 404 g/mol.